The molecular formula is C14H27NO2S. The van der Waals surface area contributed by atoms with E-state index in [1.165, 1.54) is 0 Å². The average Bonchev–Trinajstić information content (AvgIpc) is 2.65. The van der Waals surface area contributed by atoms with Crippen LogP contribution in [0.5, 0.6) is 0 Å². The van der Waals surface area contributed by atoms with E-state index in [0.29, 0.717) is 23.5 Å². The minimum absolute atomic E-state index is 0.369. The van der Waals surface area contributed by atoms with Gasteiger partial charge in [0.15, 0.2) is 9.84 Å². The summed E-state index contributed by atoms with van der Waals surface area (Å²) in [5.74, 6) is 1.16. The van der Waals surface area contributed by atoms with Crippen LogP contribution in [0.2, 0.25) is 0 Å². The van der Waals surface area contributed by atoms with Gasteiger partial charge in [0, 0.05) is 6.04 Å². The summed E-state index contributed by atoms with van der Waals surface area (Å²) in [7, 11) is -2.73. The van der Waals surface area contributed by atoms with E-state index >= 15 is 0 Å². The fourth-order valence-corrected chi connectivity index (χ4v) is 4.50. The van der Waals surface area contributed by atoms with E-state index in [1.54, 1.807) is 0 Å². The van der Waals surface area contributed by atoms with Gasteiger partial charge in [0.25, 0.3) is 0 Å². The molecule has 2 atom stereocenters. The van der Waals surface area contributed by atoms with Gasteiger partial charge < -0.3 is 5.32 Å². The highest BCUT2D eigenvalue weighted by molar-refractivity contribution is 7.91. The molecule has 0 aliphatic carbocycles. The van der Waals surface area contributed by atoms with Gasteiger partial charge in [-0.1, -0.05) is 13.0 Å². The van der Waals surface area contributed by atoms with Crippen LogP contribution in [-0.2, 0) is 9.84 Å². The summed E-state index contributed by atoms with van der Waals surface area (Å²) in [5, 5.41) is 3.55. The number of rotatable bonds is 9. The van der Waals surface area contributed by atoms with Crippen molar-refractivity contribution in [1.82, 2.24) is 5.32 Å². The molecule has 2 unspecified atom stereocenters. The van der Waals surface area contributed by atoms with Crippen molar-refractivity contribution in [3.63, 3.8) is 0 Å². The zero-order valence-corrected chi connectivity index (χ0v) is 12.3. The zero-order chi connectivity index (χ0) is 13.4. The van der Waals surface area contributed by atoms with Crippen molar-refractivity contribution in [1.29, 1.82) is 0 Å². The van der Waals surface area contributed by atoms with Crippen LogP contribution in [0.25, 0.3) is 0 Å². The van der Waals surface area contributed by atoms with Crippen molar-refractivity contribution in [2.45, 2.75) is 51.5 Å². The maximum Gasteiger partial charge on any atom is 0.150 e. The first-order valence-corrected chi connectivity index (χ1v) is 8.94. The van der Waals surface area contributed by atoms with Gasteiger partial charge in [0.1, 0.15) is 0 Å². The molecule has 1 aliphatic heterocycles. The van der Waals surface area contributed by atoms with E-state index in [4.69, 9.17) is 0 Å². The number of hydrogen-bond acceptors (Lipinski definition) is 3. The third-order valence-electron chi connectivity index (χ3n) is 3.59. The molecule has 0 saturated carbocycles. The van der Waals surface area contributed by atoms with Crippen LogP contribution in [0.1, 0.15) is 45.4 Å². The largest absolute Gasteiger partial charge is 0.314 e. The molecule has 0 radical (unpaired) electrons. The van der Waals surface area contributed by atoms with Crippen LogP contribution in [0.15, 0.2) is 12.7 Å². The van der Waals surface area contributed by atoms with Gasteiger partial charge in [-0.05, 0) is 51.0 Å². The Morgan fingerprint density at radius 3 is 2.83 bits per heavy atom. The standard InChI is InChI=1S/C14H27NO2S/c1-3-5-6-7-14(15-9-4-2)11-13-8-10-18(16,17)12-13/h3,13-15H,1,4-12H2,2H3. The maximum atomic E-state index is 11.5. The Bertz CT molecular complexity index is 338. The lowest BCUT2D eigenvalue weighted by molar-refractivity contribution is 0.381. The van der Waals surface area contributed by atoms with Crippen LogP contribution >= 0.6 is 0 Å². The molecule has 1 aliphatic rings. The van der Waals surface area contributed by atoms with Crippen LogP contribution in [-0.4, -0.2) is 32.5 Å². The first-order valence-electron chi connectivity index (χ1n) is 7.12. The normalized spacial score (nSPS) is 23.9. The number of nitrogens with one attached hydrogen (secondary N) is 1. The lowest BCUT2D eigenvalue weighted by atomic mass is 9.95. The molecule has 3 nitrogen and oxygen atoms in total. The topological polar surface area (TPSA) is 46.2 Å². The Balaban J connectivity index is 2.37. The molecule has 4 heteroatoms. The van der Waals surface area contributed by atoms with Crippen molar-refractivity contribution >= 4 is 9.84 Å². The molecule has 1 fully saturated rings. The molecule has 1 heterocycles. The lowest BCUT2D eigenvalue weighted by Crippen LogP contribution is -2.32. The second kappa shape index (κ2) is 7.95. The summed E-state index contributed by atoms with van der Waals surface area (Å²) in [6.07, 6.45) is 8.27. The predicted octanol–water partition coefficient (Wildman–Crippen LogP) is 2.54. The van der Waals surface area contributed by atoms with Gasteiger partial charge in [-0.15, -0.1) is 6.58 Å². The van der Waals surface area contributed by atoms with Crippen molar-refractivity contribution in [3.8, 4) is 0 Å². The minimum atomic E-state index is -2.73. The van der Waals surface area contributed by atoms with E-state index < -0.39 is 9.84 Å². The highest BCUT2D eigenvalue weighted by Gasteiger charge is 2.29. The number of unbranched alkanes of at least 4 members (excludes halogenated alkanes) is 1. The van der Waals surface area contributed by atoms with Gasteiger partial charge in [-0.25, -0.2) is 8.42 Å². The maximum absolute atomic E-state index is 11.5. The highest BCUT2D eigenvalue weighted by Crippen LogP contribution is 2.24. The summed E-state index contributed by atoms with van der Waals surface area (Å²) in [5.41, 5.74) is 0. The molecule has 0 bridgehead atoms. The van der Waals surface area contributed by atoms with Gasteiger partial charge >= 0.3 is 0 Å². The van der Waals surface area contributed by atoms with E-state index in [1.807, 2.05) is 6.08 Å². The molecule has 0 spiro atoms. The Hall–Kier alpha value is -0.350. The Kier molecular flexibility index (Phi) is 6.94. The second-order valence-electron chi connectivity index (χ2n) is 5.38. The number of allylic oxidation sites excluding steroid dienone is 1. The van der Waals surface area contributed by atoms with Crippen molar-refractivity contribution in [2.75, 3.05) is 18.1 Å². The van der Waals surface area contributed by atoms with Crippen molar-refractivity contribution in [2.24, 2.45) is 5.92 Å². The first kappa shape index (κ1) is 15.7. The molecule has 0 aromatic carbocycles. The van der Waals surface area contributed by atoms with Crippen LogP contribution in [0.3, 0.4) is 0 Å². The zero-order valence-electron chi connectivity index (χ0n) is 11.5. The molecule has 1 saturated heterocycles. The molecule has 1 rings (SSSR count). The van der Waals surface area contributed by atoms with E-state index in [0.717, 1.165) is 45.1 Å². The highest BCUT2D eigenvalue weighted by atomic mass is 32.2. The molecule has 0 amide bonds. The SMILES string of the molecule is C=CCCCC(CC1CCS(=O)(=O)C1)NCCC. The fraction of sp³-hybridized carbons (Fsp3) is 0.857. The third-order valence-corrected chi connectivity index (χ3v) is 5.43. The monoisotopic (exact) mass is 273 g/mol. The van der Waals surface area contributed by atoms with Gasteiger partial charge in [-0.3, -0.25) is 0 Å². The third kappa shape index (κ3) is 6.01. The molecule has 1 N–H and O–H groups in total. The smallest absolute Gasteiger partial charge is 0.150 e. The molecule has 0 aromatic heterocycles. The lowest BCUT2D eigenvalue weighted by Gasteiger charge is -2.21. The van der Waals surface area contributed by atoms with Gasteiger partial charge in [-0.2, -0.15) is 0 Å². The van der Waals surface area contributed by atoms with Crippen LogP contribution < -0.4 is 5.32 Å². The molecule has 106 valence electrons. The Morgan fingerprint density at radius 1 is 1.50 bits per heavy atom. The van der Waals surface area contributed by atoms with E-state index in [9.17, 15) is 8.42 Å². The van der Waals surface area contributed by atoms with Crippen molar-refractivity contribution in [3.05, 3.63) is 12.7 Å². The van der Waals surface area contributed by atoms with Crippen molar-refractivity contribution < 1.29 is 8.42 Å². The summed E-state index contributed by atoms with van der Waals surface area (Å²) in [6.45, 7) is 6.93. The average molecular weight is 273 g/mol. The second-order valence-corrected chi connectivity index (χ2v) is 7.60. The molecule has 0 aromatic rings. The Labute approximate surface area is 112 Å². The summed E-state index contributed by atoms with van der Waals surface area (Å²) >= 11 is 0. The predicted molar refractivity (Wildman–Crippen MR) is 77.5 cm³/mol. The van der Waals surface area contributed by atoms with E-state index in [-0.39, 0.29) is 0 Å². The molecular weight excluding hydrogens is 246 g/mol. The fourth-order valence-electron chi connectivity index (χ4n) is 2.62. The van der Waals surface area contributed by atoms with E-state index in [2.05, 4.69) is 18.8 Å². The summed E-state index contributed by atoms with van der Waals surface area (Å²) < 4.78 is 22.9. The number of hydrogen-bond donors (Lipinski definition) is 1. The quantitative estimate of drug-likeness (QED) is 0.519. The Morgan fingerprint density at radius 2 is 2.28 bits per heavy atom. The molecule has 18 heavy (non-hydrogen) atoms. The summed E-state index contributed by atoms with van der Waals surface area (Å²) in [4.78, 5) is 0. The van der Waals surface area contributed by atoms with Gasteiger partial charge in [0.2, 0.25) is 0 Å². The first-order chi connectivity index (χ1) is 8.57. The van der Waals surface area contributed by atoms with Gasteiger partial charge in [0.05, 0.1) is 11.5 Å². The number of sulfone groups is 1. The minimum Gasteiger partial charge on any atom is -0.314 e. The summed E-state index contributed by atoms with van der Waals surface area (Å²) in [6, 6.07) is 0.475. The van der Waals surface area contributed by atoms with Crippen LogP contribution in [0, 0.1) is 5.92 Å². The van der Waals surface area contributed by atoms with Crippen LogP contribution in [0.4, 0.5) is 0 Å².